The van der Waals surface area contributed by atoms with E-state index >= 15 is 0 Å². The maximum absolute atomic E-state index is 15.0. The number of ether oxygens (including phenoxy) is 2. The Balaban J connectivity index is 1.45. The summed E-state index contributed by atoms with van der Waals surface area (Å²) >= 11 is 0. The van der Waals surface area contributed by atoms with Crippen LogP contribution in [0.3, 0.4) is 0 Å². The Hall–Kier alpha value is -5.11. The predicted octanol–water partition coefficient (Wildman–Crippen LogP) is 5.55. The second kappa shape index (κ2) is 19.0. The van der Waals surface area contributed by atoms with Crippen molar-refractivity contribution in [3.05, 3.63) is 119 Å². The fourth-order valence-electron chi connectivity index (χ4n) is 6.65. The van der Waals surface area contributed by atoms with Gasteiger partial charge < -0.3 is 55.3 Å². The molecule has 1 saturated heterocycles. The molecule has 0 spiro atoms. The molecule has 4 atom stereocenters. The first kappa shape index (κ1) is 41.1. The van der Waals surface area contributed by atoms with Gasteiger partial charge in [0.05, 0.1) is 32.4 Å². The van der Waals surface area contributed by atoms with Gasteiger partial charge in [0.15, 0.2) is 0 Å². The number of methoxy groups -OCH3 is 1. The molecule has 15 heteroatoms. The van der Waals surface area contributed by atoms with Crippen molar-refractivity contribution in [2.75, 3.05) is 38.1 Å². The molecule has 7 N–H and O–H groups in total. The number of aliphatic hydroxyl groups excluding tert-OH is 2. The van der Waals surface area contributed by atoms with Crippen molar-refractivity contribution in [1.29, 1.82) is 0 Å². The summed E-state index contributed by atoms with van der Waals surface area (Å²) in [5, 5.41) is 26.6. The highest BCUT2D eigenvalue weighted by molar-refractivity contribution is 7.53. The highest BCUT2D eigenvalue weighted by Crippen LogP contribution is 2.46. The zero-order chi connectivity index (χ0) is 39.5. The van der Waals surface area contributed by atoms with Gasteiger partial charge in [0.25, 0.3) is 0 Å². The van der Waals surface area contributed by atoms with Crippen LogP contribution in [-0.2, 0) is 39.5 Å². The number of nitrogens with zero attached hydrogens (tertiary/aromatic N) is 2. The molecule has 0 saturated carbocycles. The van der Waals surface area contributed by atoms with Crippen LogP contribution in [0, 0.1) is 0 Å². The lowest BCUT2D eigenvalue weighted by molar-refractivity contribution is -0.0408. The van der Waals surface area contributed by atoms with Crippen LogP contribution in [0.15, 0.2) is 97.1 Å². The van der Waals surface area contributed by atoms with Gasteiger partial charge in [0.2, 0.25) is 0 Å². The van der Waals surface area contributed by atoms with E-state index in [0.29, 0.717) is 22.7 Å². The fraction of sp³-hybridized carbons (Fsp3) is 0.350. The Morgan fingerprint density at radius 2 is 1.18 bits per heavy atom. The zero-order valence-corrected chi connectivity index (χ0v) is 32.1. The van der Waals surface area contributed by atoms with Crippen molar-refractivity contribution in [2.45, 2.75) is 64.1 Å². The number of carbonyl (C=O) groups is 2. The third kappa shape index (κ3) is 11.0. The van der Waals surface area contributed by atoms with E-state index in [2.05, 4.69) is 5.32 Å². The second-order valence-electron chi connectivity index (χ2n) is 13.2. The van der Waals surface area contributed by atoms with Crippen molar-refractivity contribution in [1.82, 2.24) is 15.1 Å². The first-order valence-corrected chi connectivity index (χ1v) is 19.8. The summed E-state index contributed by atoms with van der Waals surface area (Å²) in [5.74, 6) is 0.864. The molecule has 0 unspecified atom stereocenters. The third-order valence-electron chi connectivity index (χ3n) is 9.29. The maximum atomic E-state index is 15.0. The topological polar surface area (TPSA) is 199 Å². The van der Waals surface area contributed by atoms with E-state index in [9.17, 15) is 24.4 Å². The molecule has 4 aromatic carbocycles. The summed E-state index contributed by atoms with van der Waals surface area (Å²) in [6, 6.07) is 26.2. The Morgan fingerprint density at radius 1 is 0.727 bits per heavy atom. The lowest BCUT2D eigenvalue weighted by Gasteiger charge is -2.36. The average Bonchev–Trinajstić information content (AvgIpc) is 3.22. The number of hydrogen-bond acceptors (Lipinski definition) is 11. The number of aliphatic hydroxyl groups is 2. The predicted molar refractivity (Wildman–Crippen MR) is 210 cm³/mol. The van der Waals surface area contributed by atoms with Gasteiger partial charge in [-0.2, -0.15) is 0 Å². The Labute approximate surface area is 321 Å². The summed E-state index contributed by atoms with van der Waals surface area (Å²) in [5.41, 5.74) is 16.3. The van der Waals surface area contributed by atoms with Gasteiger partial charge in [0.1, 0.15) is 30.0 Å². The number of nitrogen functional groups attached to an aromatic ring is 2. The highest BCUT2D eigenvalue weighted by Gasteiger charge is 2.46. The number of rotatable bonds is 16. The number of carbonyl (C=O) groups excluding carboxylic acids is 2. The zero-order valence-electron chi connectivity index (χ0n) is 31.2. The molecule has 1 fully saturated rings. The molecular weight excluding hydrogens is 725 g/mol. The quantitative estimate of drug-likeness (QED) is 0.0706. The molecule has 1 aliphatic heterocycles. The van der Waals surface area contributed by atoms with Gasteiger partial charge in [-0.25, -0.2) is 9.59 Å². The molecule has 0 radical (unpaired) electrons. The molecular formula is C40H50N5O9P. The minimum atomic E-state index is -3.52. The molecule has 1 heterocycles. The van der Waals surface area contributed by atoms with Crippen LogP contribution in [0.4, 0.5) is 21.0 Å². The van der Waals surface area contributed by atoms with E-state index in [4.69, 9.17) is 30.0 Å². The molecule has 5 rings (SSSR count). The fourth-order valence-corrected chi connectivity index (χ4v) is 8.01. The minimum Gasteiger partial charge on any atom is -0.497 e. The van der Waals surface area contributed by atoms with Crippen LogP contribution < -0.4 is 26.3 Å². The monoisotopic (exact) mass is 775 g/mol. The van der Waals surface area contributed by atoms with E-state index in [1.807, 2.05) is 36.4 Å². The number of benzene rings is 4. The lowest BCUT2D eigenvalue weighted by Crippen LogP contribution is -2.50. The van der Waals surface area contributed by atoms with Crippen molar-refractivity contribution in [3.63, 3.8) is 0 Å². The van der Waals surface area contributed by atoms with Gasteiger partial charge in [-0.1, -0.05) is 48.5 Å². The van der Waals surface area contributed by atoms with Crippen molar-refractivity contribution in [2.24, 2.45) is 0 Å². The van der Waals surface area contributed by atoms with Crippen molar-refractivity contribution < 1.29 is 42.9 Å². The molecule has 0 aromatic heterocycles. The summed E-state index contributed by atoms with van der Waals surface area (Å²) in [6.45, 7) is 3.85. The first-order chi connectivity index (χ1) is 26.4. The van der Waals surface area contributed by atoms with Crippen LogP contribution in [-0.4, -0.2) is 83.0 Å². The van der Waals surface area contributed by atoms with Crippen molar-refractivity contribution >= 4 is 31.1 Å². The average molecular weight is 776 g/mol. The number of hydrogen-bond donors (Lipinski definition) is 5. The number of amides is 3. The van der Waals surface area contributed by atoms with Crippen LogP contribution in [0.1, 0.15) is 36.1 Å². The van der Waals surface area contributed by atoms with Gasteiger partial charge in [0, 0.05) is 24.5 Å². The Morgan fingerprint density at radius 3 is 1.60 bits per heavy atom. The van der Waals surface area contributed by atoms with Crippen LogP contribution in [0.25, 0.3) is 0 Å². The first-order valence-electron chi connectivity index (χ1n) is 18.1. The summed E-state index contributed by atoms with van der Waals surface area (Å²) in [6.07, 6.45) is -3.57. The third-order valence-corrected chi connectivity index (χ3v) is 11.1. The van der Waals surface area contributed by atoms with Crippen LogP contribution >= 0.6 is 7.60 Å². The molecule has 4 aromatic rings. The van der Waals surface area contributed by atoms with Gasteiger partial charge in [-0.05, 0) is 97.5 Å². The van der Waals surface area contributed by atoms with Crippen LogP contribution in [0.5, 0.6) is 11.5 Å². The van der Waals surface area contributed by atoms with E-state index in [0.717, 1.165) is 16.7 Å². The summed E-state index contributed by atoms with van der Waals surface area (Å²) < 4.78 is 33.9. The van der Waals surface area contributed by atoms with E-state index < -0.39 is 44.0 Å². The molecule has 3 amide bonds. The number of nitrogens with one attached hydrogen (secondary N) is 1. The second-order valence-corrected chi connectivity index (χ2v) is 15.3. The largest absolute Gasteiger partial charge is 0.497 e. The molecule has 1 aliphatic rings. The number of urea groups is 1. The highest BCUT2D eigenvalue weighted by atomic mass is 31.2. The van der Waals surface area contributed by atoms with E-state index in [1.54, 1.807) is 91.4 Å². The van der Waals surface area contributed by atoms with Gasteiger partial charge >= 0.3 is 19.7 Å². The maximum Gasteiger partial charge on any atom is 0.413 e. The van der Waals surface area contributed by atoms with E-state index in [-0.39, 0.29) is 51.2 Å². The molecule has 0 bridgehead atoms. The van der Waals surface area contributed by atoms with Crippen molar-refractivity contribution in [3.8, 4) is 11.5 Å². The summed E-state index contributed by atoms with van der Waals surface area (Å²) in [7, 11) is -1.95. The van der Waals surface area contributed by atoms with Gasteiger partial charge in [-0.15, -0.1) is 0 Å². The smallest absolute Gasteiger partial charge is 0.413 e. The number of anilines is 2. The minimum absolute atomic E-state index is 0.0930. The Bertz CT molecular complexity index is 1920. The molecule has 55 heavy (non-hydrogen) atoms. The van der Waals surface area contributed by atoms with Crippen LogP contribution in [0.2, 0.25) is 0 Å². The van der Waals surface area contributed by atoms with E-state index in [1.165, 1.54) is 0 Å². The normalized spacial score (nSPS) is 18.8. The molecule has 14 nitrogen and oxygen atoms in total. The summed E-state index contributed by atoms with van der Waals surface area (Å²) in [4.78, 5) is 30.7. The number of nitrogens with two attached hydrogens (primary N) is 2. The molecule has 294 valence electrons. The van der Waals surface area contributed by atoms with Gasteiger partial charge in [-0.3, -0.25) is 4.57 Å². The Kier molecular flexibility index (Phi) is 14.2. The standard InChI is InChI=1S/C40H50N5O9P/c1-4-52-55(50,53-5-2)26-43-39(48)54-34-18-14-28(15-19-34)23-36-38(47)37(46)35(22-27-12-16-33(51-3)17-13-27)44(24-29-8-6-10-31(41)20-29)40(49)45(36)25-30-9-7-11-32(42)21-30/h6-21,35-38,46-47H,4-5,22-26,41-42H2,1-3H3,(H,43,48)/t35-,36-,37+,38+/m1/s1. The SMILES string of the molecule is CCOP(=O)(CNC(=O)Oc1ccc(C[C@@H]2[C@H](O)[C@@H](O)[C@@H](Cc3ccc(OC)cc3)N(Cc3cccc(N)c3)C(=O)N2Cc2cccc(N)c2)cc1)OCC. The lowest BCUT2D eigenvalue weighted by atomic mass is 9.90. The molecule has 0 aliphatic carbocycles.